The summed E-state index contributed by atoms with van der Waals surface area (Å²) in [5.41, 5.74) is 0.733. The quantitative estimate of drug-likeness (QED) is 0.864. The molecule has 0 heterocycles. The van der Waals surface area contributed by atoms with Crippen molar-refractivity contribution in [2.45, 2.75) is 45.4 Å². The number of carbonyl (C=O) groups excluding carboxylic acids is 1. The van der Waals surface area contributed by atoms with Gasteiger partial charge in [-0.3, -0.25) is 4.79 Å². The molecule has 124 valence electrons. The highest BCUT2D eigenvalue weighted by Gasteiger charge is 2.65. The molecule has 1 aromatic rings. The van der Waals surface area contributed by atoms with Crippen LogP contribution in [0.3, 0.4) is 0 Å². The predicted octanol–water partition coefficient (Wildman–Crippen LogP) is 2.65. The first-order valence-electron chi connectivity index (χ1n) is 7.80. The number of fused-ring (bicyclic) bond motifs is 2. The molecule has 2 fully saturated rings. The van der Waals surface area contributed by atoms with Crippen molar-refractivity contribution in [2.24, 2.45) is 21.8 Å². The van der Waals surface area contributed by atoms with E-state index in [2.05, 4.69) is 23.8 Å². The van der Waals surface area contributed by atoms with Crippen molar-refractivity contribution in [1.82, 2.24) is 4.83 Å². The van der Waals surface area contributed by atoms with Crippen LogP contribution in [0, 0.1) is 23.7 Å². The third-order valence-electron chi connectivity index (χ3n) is 5.91. The van der Waals surface area contributed by atoms with Crippen molar-refractivity contribution in [3.63, 3.8) is 0 Å². The Morgan fingerprint density at radius 2 is 1.78 bits per heavy atom. The van der Waals surface area contributed by atoms with Gasteiger partial charge >= 0.3 is 0 Å². The van der Waals surface area contributed by atoms with Gasteiger partial charge in [-0.1, -0.05) is 38.5 Å². The Bertz CT molecular complexity index is 794. The van der Waals surface area contributed by atoms with E-state index in [-0.39, 0.29) is 22.0 Å². The third-order valence-corrected chi connectivity index (χ3v) is 7.13. The summed E-state index contributed by atoms with van der Waals surface area (Å²) in [6, 6.07) is 6.53. The van der Waals surface area contributed by atoms with Crippen LogP contribution in [0.4, 0.5) is 0 Å². The molecule has 0 aromatic heterocycles. The van der Waals surface area contributed by atoms with Gasteiger partial charge in [0.1, 0.15) is 5.71 Å². The highest BCUT2D eigenvalue weighted by molar-refractivity contribution is 7.89. The summed E-state index contributed by atoms with van der Waals surface area (Å²) >= 11 is 0. The summed E-state index contributed by atoms with van der Waals surface area (Å²) in [5.74, 6) is -0.00826. The molecule has 2 aliphatic rings. The number of nitrogens with one attached hydrogen (secondary N) is 1. The van der Waals surface area contributed by atoms with E-state index in [0.717, 1.165) is 18.4 Å². The number of hydrogen-bond donors (Lipinski definition) is 1. The topological polar surface area (TPSA) is 75.6 Å². The van der Waals surface area contributed by atoms with Gasteiger partial charge < -0.3 is 0 Å². The van der Waals surface area contributed by atoms with Crippen molar-refractivity contribution in [1.29, 1.82) is 0 Å². The number of benzene rings is 1. The van der Waals surface area contributed by atoms with Crippen molar-refractivity contribution in [3.05, 3.63) is 29.8 Å². The summed E-state index contributed by atoms with van der Waals surface area (Å²) in [5, 5.41) is 4.03. The molecular weight excluding hydrogens is 312 g/mol. The normalized spacial score (nSPS) is 30.9. The minimum atomic E-state index is -3.75. The van der Waals surface area contributed by atoms with Crippen LogP contribution in [-0.2, 0) is 14.8 Å². The van der Waals surface area contributed by atoms with Gasteiger partial charge in [-0.15, -0.1) is 0 Å². The highest BCUT2D eigenvalue weighted by atomic mass is 32.2. The zero-order valence-corrected chi connectivity index (χ0v) is 14.7. The highest BCUT2D eigenvalue weighted by Crippen LogP contribution is 2.62. The maximum Gasteiger partial charge on any atom is 0.276 e. The van der Waals surface area contributed by atoms with Crippen LogP contribution in [0.25, 0.3) is 0 Å². The molecule has 23 heavy (non-hydrogen) atoms. The molecule has 0 unspecified atom stereocenters. The van der Waals surface area contributed by atoms with Gasteiger partial charge in [-0.25, -0.2) is 0 Å². The van der Waals surface area contributed by atoms with Gasteiger partial charge in [0.15, 0.2) is 5.78 Å². The van der Waals surface area contributed by atoms with E-state index < -0.39 is 15.4 Å². The van der Waals surface area contributed by atoms with Crippen molar-refractivity contribution in [3.8, 4) is 0 Å². The lowest BCUT2D eigenvalue weighted by molar-refractivity contribution is -0.123. The number of rotatable bonds is 3. The Balaban J connectivity index is 1.89. The first-order chi connectivity index (χ1) is 10.6. The molecule has 3 rings (SSSR count). The Morgan fingerprint density at radius 3 is 2.30 bits per heavy atom. The molecule has 2 atom stereocenters. The van der Waals surface area contributed by atoms with Gasteiger partial charge in [0.25, 0.3) is 10.0 Å². The maximum absolute atomic E-state index is 12.6. The monoisotopic (exact) mass is 334 g/mol. The van der Waals surface area contributed by atoms with Gasteiger partial charge in [0.2, 0.25) is 0 Å². The summed E-state index contributed by atoms with van der Waals surface area (Å²) in [6.07, 6.45) is 1.72. The Hall–Kier alpha value is -1.69. The van der Waals surface area contributed by atoms with E-state index in [1.807, 2.05) is 13.8 Å². The molecule has 0 aliphatic heterocycles. The van der Waals surface area contributed by atoms with Crippen LogP contribution < -0.4 is 4.83 Å². The number of hydrazone groups is 1. The van der Waals surface area contributed by atoms with Gasteiger partial charge in [0.05, 0.1) is 4.90 Å². The van der Waals surface area contributed by atoms with Crippen LogP contribution >= 0.6 is 0 Å². The molecule has 2 saturated carbocycles. The summed E-state index contributed by atoms with van der Waals surface area (Å²) in [6.45, 7) is 7.99. The first-order valence-corrected chi connectivity index (χ1v) is 9.29. The largest absolute Gasteiger partial charge is 0.292 e. The minimum absolute atomic E-state index is 0.0146. The fourth-order valence-corrected chi connectivity index (χ4v) is 4.65. The molecule has 1 N–H and O–H groups in total. The number of sulfonamides is 1. The van der Waals surface area contributed by atoms with Crippen LogP contribution in [0.2, 0.25) is 0 Å². The molecule has 1 aromatic carbocycles. The molecule has 5 nitrogen and oxygen atoms in total. The predicted molar refractivity (Wildman–Crippen MR) is 88.6 cm³/mol. The van der Waals surface area contributed by atoms with Crippen LogP contribution in [0.5, 0.6) is 0 Å². The summed E-state index contributed by atoms with van der Waals surface area (Å²) < 4.78 is 24.6. The van der Waals surface area contributed by atoms with E-state index >= 15 is 0 Å². The van der Waals surface area contributed by atoms with E-state index in [1.165, 1.54) is 12.1 Å². The molecule has 0 spiro atoms. The molecule has 2 bridgehead atoms. The minimum Gasteiger partial charge on any atom is -0.292 e. The first kappa shape index (κ1) is 16.2. The number of carbonyl (C=O) groups is 1. The zero-order chi connectivity index (χ0) is 17.0. The van der Waals surface area contributed by atoms with Gasteiger partial charge in [-0.2, -0.15) is 18.4 Å². The lowest BCUT2D eigenvalue weighted by Crippen LogP contribution is -2.34. The van der Waals surface area contributed by atoms with Crippen molar-refractivity contribution >= 4 is 21.5 Å². The van der Waals surface area contributed by atoms with E-state index in [9.17, 15) is 13.2 Å². The van der Waals surface area contributed by atoms with Gasteiger partial charge in [0, 0.05) is 11.3 Å². The Kier molecular flexibility index (Phi) is 3.45. The van der Waals surface area contributed by atoms with Gasteiger partial charge in [-0.05, 0) is 37.3 Å². The van der Waals surface area contributed by atoms with Crippen molar-refractivity contribution in [2.75, 3.05) is 0 Å². The number of ketones is 1. The molecule has 0 saturated heterocycles. The van der Waals surface area contributed by atoms with E-state index in [1.54, 1.807) is 12.1 Å². The molecule has 6 heteroatoms. The standard InChI is InChI=1S/C17H22N2O3S/c1-11-5-7-12(8-6-11)23(21,22)19-18-14-13-9-10-17(4,15(14)20)16(13,2)3/h5-8,13,19H,9-10H2,1-4H3/b18-14+/t13-,17-/m1/s1. The number of hydrogen-bond acceptors (Lipinski definition) is 4. The Labute approximate surface area is 137 Å². The number of Topliss-reactive ketones (excluding diaryl/α,β-unsaturated/α-hetero) is 1. The second-order valence-corrected chi connectivity index (χ2v) is 9.04. The Morgan fingerprint density at radius 1 is 1.17 bits per heavy atom. The number of aryl methyl sites for hydroxylation is 1. The van der Waals surface area contributed by atoms with E-state index in [4.69, 9.17) is 0 Å². The fourth-order valence-electron chi connectivity index (χ4n) is 3.83. The number of nitrogens with zero attached hydrogens (tertiary/aromatic N) is 1. The molecule has 2 aliphatic carbocycles. The van der Waals surface area contributed by atoms with Crippen molar-refractivity contribution < 1.29 is 13.2 Å². The lowest BCUT2D eigenvalue weighted by Gasteiger charge is -2.31. The zero-order valence-electron chi connectivity index (χ0n) is 13.9. The molecule has 0 radical (unpaired) electrons. The van der Waals surface area contributed by atoms with Crippen LogP contribution in [0.15, 0.2) is 34.3 Å². The average Bonchev–Trinajstić information content (AvgIpc) is 2.78. The lowest BCUT2D eigenvalue weighted by atomic mass is 9.70. The van der Waals surface area contributed by atoms with Crippen LogP contribution in [-0.4, -0.2) is 19.9 Å². The average molecular weight is 334 g/mol. The molecule has 0 amide bonds. The molecular formula is C17H22N2O3S. The van der Waals surface area contributed by atoms with E-state index in [0.29, 0.717) is 5.71 Å². The fraction of sp³-hybridized carbons (Fsp3) is 0.529. The SMILES string of the molecule is Cc1ccc(S(=O)(=O)N/N=C2/C(=O)[C@@]3(C)CC[C@H]2C3(C)C)cc1. The smallest absolute Gasteiger partial charge is 0.276 e. The summed E-state index contributed by atoms with van der Waals surface area (Å²) in [7, 11) is -3.75. The second-order valence-electron chi connectivity index (χ2n) is 7.38. The second kappa shape index (κ2) is 4.90. The third kappa shape index (κ3) is 2.23. The summed E-state index contributed by atoms with van der Waals surface area (Å²) in [4.78, 5) is 15.0. The van der Waals surface area contributed by atoms with Crippen LogP contribution in [0.1, 0.15) is 39.2 Å². The maximum atomic E-state index is 12.6.